The van der Waals surface area contributed by atoms with E-state index in [-0.39, 0.29) is 12.1 Å². The SMILES string of the molecule is CCCCCCCCCCC(O)CC1COC(C)(C)N1C(=O)OC(C)(C)C. The highest BCUT2D eigenvalue weighted by molar-refractivity contribution is 5.69. The van der Waals surface area contributed by atoms with Gasteiger partial charge in [-0.1, -0.05) is 58.3 Å². The fraction of sp³-hybridized carbons (Fsp3) is 0.955. The summed E-state index contributed by atoms with van der Waals surface area (Å²) in [6, 6.07) is -0.140. The second kappa shape index (κ2) is 11.3. The van der Waals surface area contributed by atoms with Crippen LogP contribution in [0.4, 0.5) is 4.79 Å². The van der Waals surface area contributed by atoms with Crippen molar-refractivity contribution in [2.24, 2.45) is 0 Å². The standard InChI is InChI=1S/C22H43NO4/c1-7-8-9-10-11-12-13-14-15-19(24)16-18-17-26-22(5,6)23(18)20(25)27-21(2,3)4/h18-19,24H,7-17H2,1-6H3. The van der Waals surface area contributed by atoms with Crippen molar-refractivity contribution < 1.29 is 19.4 Å². The molecule has 27 heavy (non-hydrogen) atoms. The Morgan fingerprint density at radius 3 is 2.26 bits per heavy atom. The lowest BCUT2D eigenvalue weighted by atomic mass is 10.0. The predicted octanol–water partition coefficient (Wildman–Crippen LogP) is 5.64. The van der Waals surface area contributed by atoms with E-state index in [1.807, 2.05) is 34.6 Å². The molecular formula is C22H43NO4. The molecule has 0 aromatic rings. The van der Waals surface area contributed by atoms with Gasteiger partial charge in [-0.05, 0) is 47.5 Å². The summed E-state index contributed by atoms with van der Waals surface area (Å²) >= 11 is 0. The highest BCUT2D eigenvalue weighted by Gasteiger charge is 2.46. The van der Waals surface area contributed by atoms with Gasteiger partial charge in [0.15, 0.2) is 0 Å². The molecule has 1 saturated heterocycles. The average molecular weight is 386 g/mol. The minimum Gasteiger partial charge on any atom is -0.444 e. The molecule has 1 aliphatic rings. The lowest BCUT2D eigenvalue weighted by Gasteiger charge is -2.35. The van der Waals surface area contributed by atoms with Crippen LogP contribution in [0.3, 0.4) is 0 Å². The molecule has 0 aromatic carbocycles. The first-order valence-corrected chi connectivity index (χ1v) is 10.9. The van der Waals surface area contributed by atoms with Crippen LogP contribution in [0.15, 0.2) is 0 Å². The van der Waals surface area contributed by atoms with E-state index in [9.17, 15) is 9.90 Å². The van der Waals surface area contributed by atoms with E-state index < -0.39 is 17.4 Å². The highest BCUT2D eigenvalue weighted by Crippen LogP contribution is 2.32. The third-order valence-electron chi connectivity index (χ3n) is 5.10. The number of unbranched alkanes of at least 4 members (excludes halogenated alkanes) is 7. The summed E-state index contributed by atoms with van der Waals surface area (Å²) in [5, 5.41) is 10.5. The van der Waals surface area contributed by atoms with E-state index in [0.717, 1.165) is 12.8 Å². The Balaban J connectivity index is 2.36. The van der Waals surface area contributed by atoms with E-state index in [1.165, 1.54) is 44.9 Å². The third-order valence-corrected chi connectivity index (χ3v) is 5.10. The summed E-state index contributed by atoms with van der Waals surface area (Å²) < 4.78 is 11.4. The Kier molecular flexibility index (Phi) is 10.1. The Bertz CT molecular complexity index is 431. The molecule has 5 heteroatoms. The normalized spacial score (nSPS) is 20.7. The van der Waals surface area contributed by atoms with E-state index in [2.05, 4.69) is 6.92 Å². The molecule has 1 heterocycles. The van der Waals surface area contributed by atoms with Crippen LogP contribution in [0, 0.1) is 0 Å². The van der Waals surface area contributed by atoms with Crippen LogP contribution in [-0.4, -0.2) is 46.2 Å². The molecule has 0 spiro atoms. The molecule has 0 aliphatic carbocycles. The minimum atomic E-state index is -0.703. The summed E-state index contributed by atoms with van der Waals surface area (Å²) in [5.74, 6) is 0. The number of carbonyl (C=O) groups excluding carboxylic acids is 1. The number of nitrogens with zero attached hydrogens (tertiary/aromatic N) is 1. The van der Waals surface area contributed by atoms with Crippen LogP contribution in [-0.2, 0) is 9.47 Å². The summed E-state index contributed by atoms with van der Waals surface area (Å²) in [6.07, 6.45) is 10.6. The number of rotatable bonds is 11. The first-order chi connectivity index (χ1) is 12.6. The maximum absolute atomic E-state index is 12.6. The highest BCUT2D eigenvalue weighted by atomic mass is 16.6. The molecule has 2 atom stereocenters. The average Bonchev–Trinajstić information content (AvgIpc) is 2.82. The lowest BCUT2D eigenvalue weighted by Crippen LogP contribution is -2.50. The number of aliphatic hydroxyl groups is 1. The van der Waals surface area contributed by atoms with Gasteiger partial charge < -0.3 is 14.6 Å². The zero-order chi connectivity index (χ0) is 20.5. The molecule has 1 rings (SSSR count). The van der Waals surface area contributed by atoms with Crippen molar-refractivity contribution >= 4 is 6.09 Å². The Morgan fingerprint density at radius 1 is 1.15 bits per heavy atom. The quantitative estimate of drug-likeness (QED) is 0.468. The van der Waals surface area contributed by atoms with Crippen molar-refractivity contribution in [2.75, 3.05) is 6.61 Å². The van der Waals surface area contributed by atoms with E-state index >= 15 is 0 Å². The van der Waals surface area contributed by atoms with Gasteiger partial charge in [-0.2, -0.15) is 0 Å². The van der Waals surface area contributed by atoms with Crippen LogP contribution in [0.25, 0.3) is 0 Å². The molecule has 0 bridgehead atoms. The van der Waals surface area contributed by atoms with E-state index in [4.69, 9.17) is 9.47 Å². The minimum absolute atomic E-state index is 0.140. The smallest absolute Gasteiger partial charge is 0.412 e. The van der Waals surface area contributed by atoms with Gasteiger partial charge in [0, 0.05) is 0 Å². The second-order valence-electron chi connectivity index (χ2n) is 9.41. The number of hydrogen-bond acceptors (Lipinski definition) is 4. The van der Waals surface area contributed by atoms with Crippen LogP contribution < -0.4 is 0 Å². The third kappa shape index (κ3) is 9.29. The van der Waals surface area contributed by atoms with Gasteiger partial charge in [-0.3, -0.25) is 4.90 Å². The maximum atomic E-state index is 12.6. The Labute approximate surface area is 166 Å². The fourth-order valence-corrected chi connectivity index (χ4v) is 3.68. The number of carbonyl (C=O) groups is 1. The Hall–Kier alpha value is -0.810. The molecule has 1 aliphatic heterocycles. The van der Waals surface area contributed by atoms with Gasteiger partial charge in [0.05, 0.1) is 18.8 Å². The number of hydrogen-bond donors (Lipinski definition) is 1. The van der Waals surface area contributed by atoms with Crippen LogP contribution >= 0.6 is 0 Å². The van der Waals surface area contributed by atoms with Crippen LogP contribution in [0.1, 0.15) is 106 Å². The van der Waals surface area contributed by atoms with E-state index in [0.29, 0.717) is 13.0 Å². The molecular weight excluding hydrogens is 342 g/mol. The molecule has 1 fully saturated rings. The van der Waals surface area contributed by atoms with Gasteiger partial charge >= 0.3 is 6.09 Å². The van der Waals surface area contributed by atoms with Crippen molar-refractivity contribution in [3.63, 3.8) is 0 Å². The first kappa shape index (κ1) is 24.2. The second-order valence-corrected chi connectivity index (χ2v) is 9.41. The van der Waals surface area contributed by atoms with Crippen molar-refractivity contribution in [3.05, 3.63) is 0 Å². The van der Waals surface area contributed by atoms with Crippen molar-refractivity contribution in [2.45, 2.75) is 129 Å². The monoisotopic (exact) mass is 385 g/mol. The largest absolute Gasteiger partial charge is 0.444 e. The summed E-state index contributed by atoms with van der Waals surface area (Å²) in [5.41, 5.74) is -1.25. The number of ether oxygens (including phenoxy) is 2. The molecule has 0 aromatic heterocycles. The topological polar surface area (TPSA) is 59.0 Å². The predicted molar refractivity (Wildman–Crippen MR) is 110 cm³/mol. The van der Waals surface area contributed by atoms with Crippen molar-refractivity contribution in [3.8, 4) is 0 Å². The molecule has 160 valence electrons. The van der Waals surface area contributed by atoms with Gasteiger partial charge in [-0.25, -0.2) is 4.79 Å². The van der Waals surface area contributed by atoms with Crippen LogP contribution in [0.2, 0.25) is 0 Å². The zero-order valence-electron chi connectivity index (χ0n) is 18.6. The first-order valence-electron chi connectivity index (χ1n) is 10.9. The summed E-state index contributed by atoms with van der Waals surface area (Å²) in [7, 11) is 0. The maximum Gasteiger partial charge on any atom is 0.412 e. The molecule has 1 amide bonds. The van der Waals surface area contributed by atoms with Gasteiger partial charge in [0.2, 0.25) is 0 Å². The van der Waals surface area contributed by atoms with Crippen LogP contribution in [0.5, 0.6) is 0 Å². The Morgan fingerprint density at radius 2 is 1.70 bits per heavy atom. The number of amides is 1. The molecule has 0 radical (unpaired) electrons. The van der Waals surface area contributed by atoms with Crippen molar-refractivity contribution in [1.29, 1.82) is 0 Å². The summed E-state index contributed by atoms with van der Waals surface area (Å²) in [4.78, 5) is 14.3. The molecule has 2 unspecified atom stereocenters. The molecule has 0 saturated carbocycles. The molecule has 1 N–H and O–H groups in total. The van der Waals surface area contributed by atoms with Crippen molar-refractivity contribution in [1.82, 2.24) is 4.90 Å². The van der Waals surface area contributed by atoms with Gasteiger partial charge in [0.25, 0.3) is 0 Å². The van der Waals surface area contributed by atoms with E-state index in [1.54, 1.807) is 4.90 Å². The lowest BCUT2D eigenvalue weighted by molar-refractivity contribution is -0.0637. The number of aliphatic hydroxyl groups excluding tert-OH is 1. The fourth-order valence-electron chi connectivity index (χ4n) is 3.68. The van der Waals surface area contributed by atoms with Gasteiger partial charge in [-0.15, -0.1) is 0 Å². The summed E-state index contributed by atoms with van der Waals surface area (Å²) in [6.45, 7) is 12.0. The van der Waals surface area contributed by atoms with Gasteiger partial charge in [0.1, 0.15) is 11.3 Å². The molecule has 5 nitrogen and oxygen atoms in total. The zero-order valence-corrected chi connectivity index (χ0v) is 18.6.